The molecule has 1 aromatic carbocycles. The Morgan fingerprint density at radius 2 is 2.19 bits per heavy atom. The number of pyridine rings is 1. The van der Waals surface area contributed by atoms with Gasteiger partial charge in [-0.2, -0.15) is 5.26 Å². The maximum Gasteiger partial charge on any atom is 0.215 e. The van der Waals surface area contributed by atoms with E-state index in [0.29, 0.717) is 5.01 Å². The van der Waals surface area contributed by atoms with E-state index in [4.69, 9.17) is 4.84 Å². The van der Waals surface area contributed by atoms with Crippen molar-refractivity contribution in [3.05, 3.63) is 59.4 Å². The van der Waals surface area contributed by atoms with Crippen LogP contribution in [0.2, 0.25) is 0 Å². The lowest BCUT2D eigenvalue weighted by molar-refractivity contribution is 0.131. The molecule has 2 heterocycles. The molecular weight excluding hydrogens is 284 g/mol. The van der Waals surface area contributed by atoms with Gasteiger partial charge in [0.1, 0.15) is 12.7 Å². The predicted molar refractivity (Wildman–Crippen MR) is 80.8 cm³/mol. The minimum atomic E-state index is 0.181. The average molecular weight is 294 g/mol. The first-order chi connectivity index (χ1) is 10.4. The van der Waals surface area contributed by atoms with E-state index < -0.39 is 0 Å². The van der Waals surface area contributed by atoms with E-state index in [-0.39, 0.29) is 12.3 Å². The molecule has 3 aromatic rings. The van der Waals surface area contributed by atoms with Crippen LogP contribution in [0.5, 0.6) is 0 Å². The zero-order valence-corrected chi connectivity index (χ0v) is 11.7. The fourth-order valence-corrected chi connectivity index (χ4v) is 2.63. The van der Waals surface area contributed by atoms with Crippen LogP contribution in [0.15, 0.2) is 53.9 Å². The van der Waals surface area contributed by atoms with Crippen molar-refractivity contribution in [1.82, 2.24) is 9.97 Å². The van der Waals surface area contributed by atoms with Gasteiger partial charge in [0.25, 0.3) is 0 Å². The van der Waals surface area contributed by atoms with Gasteiger partial charge in [0.05, 0.1) is 10.2 Å². The average Bonchev–Trinajstić information content (AvgIpc) is 2.96. The van der Waals surface area contributed by atoms with Gasteiger partial charge in [-0.05, 0) is 18.2 Å². The minimum Gasteiger partial charge on any atom is -0.390 e. The van der Waals surface area contributed by atoms with Crippen molar-refractivity contribution >= 4 is 27.3 Å². The van der Waals surface area contributed by atoms with Gasteiger partial charge in [-0.25, -0.2) is 4.98 Å². The maximum atomic E-state index is 9.20. The summed E-state index contributed by atoms with van der Waals surface area (Å²) < 4.78 is 1.02. The lowest BCUT2D eigenvalue weighted by Gasteiger charge is -1.98. The van der Waals surface area contributed by atoms with Crippen molar-refractivity contribution in [3.8, 4) is 6.07 Å². The summed E-state index contributed by atoms with van der Waals surface area (Å²) in [6.45, 7) is 0.268. The van der Waals surface area contributed by atoms with E-state index in [0.717, 1.165) is 15.8 Å². The summed E-state index contributed by atoms with van der Waals surface area (Å²) in [5.41, 5.74) is 1.93. The fourth-order valence-electron chi connectivity index (χ4n) is 1.74. The molecule has 21 heavy (non-hydrogen) atoms. The van der Waals surface area contributed by atoms with Gasteiger partial charge in [0.15, 0.2) is 5.01 Å². The molecule has 0 unspecified atom stereocenters. The van der Waals surface area contributed by atoms with Gasteiger partial charge in [0, 0.05) is 18.0 Å². The highest BCUT2D eigenvalue weighted by molar-refractivity contribution is 7.20. The number of fused-ring (bicyclic) bond motifs is 1. The number of nitrogens with zero attached hydrogens (tertiary/aromatic N) is 4. The Morgan fingerprint density at radius 3 is 2.95 bits per heavy atom. The second-order valence-electron chi connectivity index (χ2n) is 4.17. The monoisotopic (exact) mass is 294 g/mol. The predicted octanol–water partition coefficient (Wildman–Crippen LogP) is 3.14. The van der Waals surface area contributed by atoms with Gasteiger partial charge in [-0.3, -0.25) is 4.98 Å². The summed E-state index contributed by atoms with van der Waals surface area (Å²) in [6, 6.07) is 13.4. The normalized spacial score (nSPS) is 11.3. The first-order valence-electron chi connectivity index (χ1n) is 6.22. The van der Waals surface area contributed by atoms with E-state index in [2.05, 4.69) is 15.1 Å². The Hall–Kier alpha value is -2.78. The maximum absolute atomic E-state index is 9.20. The largest absolute Gasteiger partial charge is 0.390 e. The van der Waals surface area contributed by atoms with Gasteiger partial charge in [-0.1, -0.05) is 23.4 Å². The quantitative estimate of drug-likeness (QED) is 0.547. The van der Waals surface area contributed by atoms with Crippen LogP contribution < -0.4 is 0 Å². The zero-order chi connectivity index (χ0) is 14.5. The number of nitriles is 1. The minimum absolute atomic E-state index is 0.181. The van der Waals surface area contributed by atoms with Crippen molar-refractivity contribution in [3.63, 3.8) is 0 Å². The van der Waals surface area contributed by atoms with E-state index in [1.54, 1.807) is 12.4 Å². The lowest BCUT2D eigenvalue weighted by Crippen LogP contribution is -1.98. The number of benzene rings is 1. The first-order valence-corrected chi connectivity index (χ1v) is 7.03. The van der Waals surface area contributed by atoms with Gasteiger partial charge in [0.2, 0.25) is 5.71 Å². The van der Waals surface area contributed by atoms with Crippen LogP contribution >= 0.6 is 11.3 Å². The molecule has 0 aliphatic carbocycles. The third-order valence-corrected chi connectivity index (χ3v) is 3.76. The van der Waals surface area contributed by atoms with Crippen molar-refractivity contribution in [1.29, 1.82) is 5.26 Å². The SMILES string of the molecule is N#C/C(=N\OCc1cccnc1)c1nc2ccccc2s1. The fraction of sp³-hybridized carbons (Fsp3) is 0.0667. The van der Waals surface area contributed by atoms with Gasteiger partial charge >= 0.3 is 0 Å². The third-order valence-electron chi connectivity index (χ3n) is 2.71. The molecule has 0 fully saturated rings. The number of hydrogen-bond acceptors (Lipinski definition) is 6. The molecular formula is C15H10N4OS. The van der Waals surface area contributed by atoms with Crippen LogP contribution in [0.3, 0.4) is 0 Å². The smallest absolute Gasteiger partial charge is 0.215 e. The van der Waals surface area contributed by atoms with Crippen LogP contribution in [0.1, 0.15) is 10.6 Å². The molecule has 0 aliphatic heterocycles. The highest BCUT2D eigenvalue weighted by Crippen LogP contribution is 2.22. The molecule has 5 nitrogen and oxygen atoms in total. The van der Waals surface area contributed by atoms with Crippen LogP contribution in [0, 0.1) is 11.3 Å². The molecule has 3 rings (SSSR count). The Morgan fingerprint density at radius 1 is 1.29 bits per heavy atom. The van der Waals surface area contributed by atoms with Crippen molar-refractivity contribution in [2.45, 2.75) is 6.61 Å². The molecule has 0 N–H and O–H groups in total. The van der Waals surface area contributed by atoms with E-state index in [1.807, 2.05) is 42.5 Å². The summed E-state index contributed by atoms with van der Waals surface area (Å²) >= 11 is 1.42. The zero-order valence-electron chi connectivity index (χ0n) is 10.9. The number of para-hydroxylation sites is 1. The summed E-state index contributed by atoms with van der Waals surface area (Å²) in [5.74, 6) is 0. The second kappa shape index (κ2) is 6.11. The number of thiazole rings is 1. The molecule has 0 spiro atoms. The summed E-state index contributed by atoms with van der Waals surface area (Å²) in [6.07, 6.45) is 3.38. The summed E-state index contributed by atoms with van der Waals surface area (Å²) in [4.78, 5) is 13.6. The highest BCUT2D eigenvalue weighted by atomic mass is 32.1. The molecule has 0 radical (unpaired) electrons. The molecule has 0 aliphatic rings. The van der Waals surface area contributed by atoms with E-state index in [1.165, 1.54) is 11.3 Å². The summed E-state index contributed by atoms with van der Waals surface area (Å²) in [7, 11) is 0. The van der Waals surface area contributed by atoms with Gasteiger partial charge in [-0.15, -0.1) is 11.3 Å². The third kappa shape index (κ3) is 3.04. The molecule has 0 saturated carbocycles. The first kappa shape index (κ1) is 13.2. The lowest BCUT2D eigenvalue weighted by atomic mass is 10.3. The van der Waals surface area contributed by atoms with Crippen molar-refractivity contribution in [2.75, 3.05) is 0 Å². The molecule has 102 valence electrons. The number of rotatable bonds is 4. The Kier molecular flexibility index (Phi) is 3.85. The molecule has 0 bridgehead atoms. The number of oxime groups is 1. The molecule has 0 amide bonds. The number of aromatic nitrogens is 2. The Labute approximate surface area is 125 Å². The molecule has 6 heteroatoms. The topological polar surface area (TPSA) is 71.2 Å². The van der Waals surface area contributed by atoms with E-state index in [9.17, 15) is 5.26 Å². The highest BCUT2D eigenvalue weighted by Gasteiger charge is 2.10. The number of hydrogen-bond donors (Lipinski definition) is 0. The van der Waals surface area contributed by atoms with Gasteiger partial charge < -0.3 is 4.84 Å². The summed E-state index contributed by atoms with van der Waals surface area (Å²) in [5, 5.41) is 13.6. The van der Waals surface area contributed by atoms with Crippen LogP contribution in [-0.2, 0) is 11.4 Å². The van der Waals surface area contributed by atoms with Crippen LogP contribution in [-0.4, -0.2) is 15.7 Å². The van der Waals surface area contributed by atoms with E-state index >= 15 is 0 Å². The van der Waals surface area contributed by atoms with Crippen LogP contribution in [0.4, 0.5) is 0 Å². The molecule has 2 aromatic heterocycles. The van der Waals surface area contributed by atoms with Crippen molar-refractivity contribution in [2.24, 2.45) is 5.16 Å². The standard InChI is InChI=1S/C15H10N4OS/c16-8-13(19-20-10-11-4-3-7-17-9-11)15-18-12-5-1-2-6-14(12)21-15/h1-7,9H,10H2/b19-13+. The van der Waals surface area contributed by atoms with Crippen molar-refractivity contribution < 1.29 is 4.84 Å². The Bertz CT molecular complexity index is 787. The molecule has 0 saturated heterocycles. The molecule has 0 atom stereocenters. The van der Waals surface area contributed by atoms with Crippen LogP contribution in [0.25, 0.3) is 10.2 Å². The second-order valence-corrected chi connectivity index (χ2v) is 5.20. The Balaban J connectivity index is 1.78.